The number of carbonyl (C=O) groups excluding carboxylic acids is 1. The molecule has 0 bridgehead atoms. The summed E-state index contributed by atoms with van der Waals surface area (Å²) in [7, 11) is 3.44. The van der Waals surface area contributed by atoms with Gasteiger partial charge in [0.25, 0.3) is 11.5 Å². The normalized spacial score (nSPS) is 24.1. The Hall–Kier alpha value is -3.47. The van der Waals surface area contributed by atoms with Crippen LogP contribution < -0.4 is 21.5 Å². The molecule has 2 aliphatic carbocycles. The maximum Gasteiger partial charge on any atom is 0.274 e. The van der Waals surface area contributed by atoms with Crippen molar-refractivity contribution in [2.24, 2.45) is 0 Å². The molecular formula is C24H30FN7O3. The summed E-state index contributed by atoms with van der Waals surface area (Å²) < 4.78 is 22.5. The van der Waals surface area contributed by atoms with Crippen LogP contribution in [0.4, 0.5) is 21.7 Å². The van der Waals surface area contributed by atoms with Gasteiger partial charge in [-0.15, -0.1) is 0 Å². The maximum absolute atomic E-state index is 13.7. The highest BCUT2D eigenvalue weighted by atomic mass is 19.1. The number of hydrogen-bond acceptors (Lipinski definition) is 7. The lowest BCUT2D eigenvalue weighted by atomic mass is 9.90. The second kappa shape index (κ2) is 9.65. The largest absolute Gasteiger partial charge is 0.381 e. The number of methoxy groups -OCH3 is 1. The zero-order valence-corrected chi connectivity index (χ0v) is 19.8. The standard InChI is InChI=1S/C24H30FN7O3/c1-26-21-12-20(30-22-16(13-27-32(21)22)23(33)29-18-9-8-17(18)25)28-19-7-4-10-31(24(19)34)14-5-3-6-15(11-14)35-2/h4,7,10,12-15,17-18,26H,3,5-6,8-9,11H2,1-2H3,(H,28,30)(H,29,33)/t14?,15-,17+,18+/m1/s1. The van der Waals surface area contributed by atoms with Gasteiger partial charge < -0.3 is 25.3 Å². The summed E-state index contributed by atoms with van der Waals surface area (Å²) >= 11 is 0. The number of aromatic nitrogens is 4. The molecule has 2 saturated carbocycles. The van der Waals surface area contributed by atoms with E-state index in [1.54, 1.807) is 30.9 Å². The van der Waals surface area contributed by atoms with E-state index in [0.29, 0.717) is 35.8 Å². The molecule has 0 saturated heterocycles. The Kier molecular flexibility index (Phi) is 6.42. The summed E-state index contributed by atoms with van der Waals surface area (Å²) in [5.41, 5.74) is 0.777. The fourth-order valence-corrected chi connectivity index (χ4v) is 4.85. The Bertz CT molecular complexity index is 1290. The highest BCUT2D eigenvalue weighted by molar-refractivity contribution is 6.00. The summed E-state index contributed by atoms with van der Waals surface area (Å²) in [6.45, 7) is 0. The van der Waals surface area contributed by atoms with Gasteiger partial charge in [-0.1, -0.05) is 0 Å². The molecule has 3 heterocycles. The molecule has 3 aromatic rings. The Morgan fingerprint density at radius 3 is 2.83 bits per heavy atom. The van der Waals surface area contributed by atoms with E-state index in [1.165, 1.54) is 10.7 Å². The maximum atomic E-state index is 13.7. The molecule has 2 fully saturated rings. The fourth-order valence-electron chi connectivity index (χ4n) is 4.85. The van der Waals surface area contributed by atoms with Crippen LogP contribution in [0.5, 0.6) is 0 Å². The second-order valence-corrected chi connectivity index (χ2v) is 9.18. The fraction of sp³-hybridized carbons (Fsp3) is 0.500. The number of hydrogen-bond donors (Lipinski definition) is 3. The van der Waals surface area contributed by atoms with E-state index in [2.05, 4.69) is 26.0 Å². The second-order valence-electron chi connectivity index (χ2n) is 9.18. The SMILES string of the molecule is CNc1cc(Nc2cccn(C3CCC[C@@H](OC)C3)c2=O)nc2c(C(=O)N[C@H]3CC[C@@H]3F)cnn12. The molecule has 11 heteroatoms. The first-order chi connectivity index (χ1) is 17.0. The number of anilines is 3. The Morgan fingerprint density at radius 1 is 1.26 bits per heavy atom. The summed E-state index contributed by atoms with van der Waals surface area (Å²) in [5.74, 6) is 0.540. The van der Waals surface area contributed by atoms with Gasteiger partial charge in [0.05, 0.1) is 18.3 Å². The van der Waals surface area contributed by atoms with Gasteiger partial charge in [-0.25, -0.2) is 9.37 Å². The molecule has 3 aromatic heterocycles. The molecule has 3 N–H and O–H groups in total. The highest BCUT2D eigenvalue weighted by Crippen LogP contribution is 2.29. The minimum Gasteiger partial charge on any atom is -0.381 e. The van der Waals surface area contributed by atoms with Gasteiger partial charge in [0.2, 0.25) is 0 Å². The first-order valence-corrected chi connectivity index (χ1v) is 12.0. The first kappa shape index (κ1) is 23.3. The average Bonchev–Trinajstić information content (AvgIpc) is 3.31. The van der Waals surface area contributed by atoms with Crippen molar-refractivity contribution in [2.45, 2.75) is 62.9 Å². The molecule has 35 heavy (non-hydrogen) atoms. The zero-order chi connectivity index (χ0) is 24.5. The van der Waals surface area contributed by atoms with E-state index in [0.717, 1.165) is 25.7 Å². The van der Waals surface area contributed by atoms with Crippen molar-refractivity contribution in [1.29, 1.82) is 0 Å². The van der Waals surface area contributed by atoms with Gasteiger partial charge >= 0.3 is 0 Å². The number of pyridine rings is 1. The molecule has 5 rings (SSSR count). The van der Waals surface area contributed by atoms with Crippen LogP contribution in [0.25, 0.3) is 5.65 Å². The van der Waals surface area contributed by atoms with Crippen molar-refractivity contribution >= 4 is 28.9 Å². The molecular weight excluding hydrogens is 453 g/mol. The van der Waals surface area contributed by atoms with Gasteiger partial charge in [-0.2, -0.15) is 9.61 Å². The van der Waals surface area contributed by atoms with Crippen LogP contribution in [0, 0.1) is 0 Å². The topological polar surface area (TPSA) is 115 Å². The zero-order valence-electron chi connectivity index (χ0n) is 19.8. The van der Waals surface area contributed by atoms with Crippen LogP contribution in [0.2, 0.25) is 0 Å². The van der Waals surface area contributed by atoms with Crippen LogP contribution >= 0.6 is 0 Å². The monoisotopic (exact) mass is 483 g/mol. The molecule has 1 unspecified atom stereocenters. The van der Waals surface area contributed by atoms with Gasteiger partial charge in [0, 0.05) is 32.5 Å². The summed E-state index contributed by atoms with van der Waals surface area (Å²) in [6.07, 6.45) is 7.15. The van der Waals surface area contributed by atoms with Gasteiger partial charge in [0.1, 0.15) is 29.1 Å². The summed E-state index contributed by atoms with van der Waals surface area (Å²) in [4.78, 5) is 30.7. The van der Waals surface area contributed by atoms with E-state index in [9.17, 15) is 14.0 Å². The van der Waals surface area contributed by atoms with E-state index >= 15 is 0 Å². The lowest BCUT2D eigenvalue weighted by molar-refractivity contribution is 0.0525. The van der Waals surface area contributed by atoms with E-state index in [-0.39, 0.29) is 23.3 Å². The van der Waals surface area contributed by atoms with Crippen molar-refractivity contribution < 1.29 is 13.9 Å². The molecule has 0 radical (unpaired) electrons. The number of alkyl halides is 1. The highest BCUT2D eigenvalue weighted by Gasteiger charge is 2.33. The number of nitrogens with zero attached hydrogens (tertiary/aromatic N) is 4. The van der Waals surface area contributed by atoms with Crippen LogP contribution in [-0.4, -0.2) is 57.5 Å². The predicted octanol–water partition coefficient (Wildman–Crippen LogP) is 3.04. The number of amides is 1. The Morgan fingerprint density at radius 2 is 2.11 bits per heavy atom. The van der Waals surface area contributed by atoms with E-state index in [4.69, 9.17) is 4.74 Å². The minimum atomic E-state index is -1.03. The van der Waals surface area contributed by atoms with Gasteiger partial charge in [-0.05, 0) is 50.7 Å². The molecule has 10 nitrogen and oxygen atoms in total. The summed E-state index contributed by atoms with van der Waals surface area (Å²) in [6, 6.07) is 4.85. The lowest BCUT2D eigenvalue weighted by Crippen LogP contribution is -2.48. The van der Waals surface area contributed by atoms with Crippen molar-refractivity contribution in [3.63, 3.8) is 0 Å². The molecule has 2 aliphatic rings. The van der Waals surface area contributed by atoms with Crippen molar-refractivity contribution in [3.8, 4) is 0 Å². The average molecular weight is 484 g/mol. The van der Waals surface area contributed by atoms with Crippen LogP contribution in [0.1, 0.15) is 54.9 Å². The third-order valence-electron chi connectivity index (χ3n) is 7.04. The number of carbonyl (C=O) groups is 1. The lowest BCUT2D eigenvalue weighted by Gasteiger charge is -2.30. The minimum absolute atomic E-state index is 0.0715. The predicted molar refractivity (Wildman–Crippen MR) is 130 cm³/mol. The number of ether oxygens (including phenoxy) is 1. The van der Waals surface area contributed by atoms with Crippen LogP contribution in [-0.2, 0) is 4.74 Å². The molecule has 0 aliphatic heterocycles. The van der Waals surface area contributed by atoms with Crippen LogP contribution in [0.3, 0.4) is 0 Å². The summed E-state index contributed by atoms with van der Waals surface area (Å²) in [5, 5.41) is 13.1. The van der Waals surface area contributed by atoms with E-state index < -0.39 is 18.1 Å². The van der Waals surface area contributed by atoms with Gasteiger partial charge in [0.15, 0.2) is 5.65 Å². The Balaban J connectivity index is 1.44. The Labute approximate surface area is 201 Å². The quantitative estimate of drug-likeness (QED) is 0.473. The van der Waals surface area contributed by atoms with E-state index in [1.807, 2.05) is 12.3 Å². The molecule has 0 spiro atoms. The number of fused-ring (bicyclic) bond motifs is 1. The number of halogens is 1. The number of rotatable bonds is 7. The van der Waals surface area contributed by atoms with Crippen molar-refractivity contribution in [1.82, 2.24) is 24.5 Å². The van der Waals surface area contributed by atoms with Crippen molar-refractivity contribution in [3.05, 3.63) is 46.5 Å². The molecule has 1 amide bonds. The van der Waals surface area contributed by atoms with Crippen LogP contribution in [0.15, 0.2) is 35.4 Å². The third-order valence-corrected chi connectivity index (χ3v) is 7.04. The van der Waals surface area contributed by atoms with Crippen molar-refractivity contribution in [2.75, 3.05) is 24.8 Å². The van der Waals surface area contributed by atoms with Gasteiger partial charge in [-0.3, -0.25) is 9.59 Å². The molecule has 4 atom stereocenters. The smallest absolute Gasteiger partial charge is 0.274 e. The number of nitrogens with one attached hydrogen (secondary N) is 3. The first-order valence-electron chi connectivity index (χ1n) is 12.0. The molecule has 0 aromatic carbocycles. The molecule has 186 valence electrons. The third kappa shape index (κ3) is 4.47.